The van der Waals surface area contributed by atoms with E-state index in [9.17, 15) is 20.1 Å². The number of carbonyl (C=O) groups excluding carboxylic acids is 1. The largest absolute Gasteiger partial charge is 0.508 e. The zero-order valence-electron chi connectivity index (χ0n) is 18.1. The van der Waals surface area contributed by atoms with Gasteiger partial charge in [0.1, 0.15) is 17.1 Å². The highest BCUT2D eigenvalue weighted by molar-refractivity contribution is 5.94. The molecule has 1 aliphatic heterocycles. The Kier molecular flexibility index (Phi) is 4.18. The summed E-state index contributed by atoms with van der Waals surface area (Å²) in [6.07, 6.45) is -8.78. The maximum Gasteiger partial charge on any atom is 0.342 e. The second-order valence-electron chi connectivity index (χ2n) is 5.66. The molecule has 1 heterocycles. The van der Waals surface area contributed by atoms with E-state index in [0.29, 0.717) is 12.0 Å². The molecule has 0 spiro atoms. The quantitative estimate of drug-likeness (QED) is 0.637. The first-order chi connectivity index (χ1) is 12.8. The summed E-state index contributed by atoms with van der Waals surface area (Å²) in [5.41, 5.74) is 0.272. The number of hydrogen-bond acceptors (Lipinski definition) is 5. The number of aromatic hydroxyl groups is 2. The number of aliphatic hydroxyl groups is 1. The average Bonchev–Trinajstić information content (AvgIpc) is 2.55. The molecule has 23 heavy (non-hydrogen) atoms. The van der Waals surface area contributed by atoms with Crippen LogP contribution in [0.1, 0.15) is 74.5 Å². The first-order valence-corrected chi connectivity index (χ1v) is 7.77. The highest BCUT2D eigenvalue weighted by atomic mass is 16.5. The lowest BCUT2D eigenvalue weighted by Gasteiger charge is -2.18. The van der Waals surface area contributed by atoms with Gasteiger partial charge in [0.05, 0.1) is 13.6 Å². The van der Waals surface area contributed by atoms with Crippen LogP contribution in [0.5, 0.6) is 11.5 Å². The van der Waals surface area contributed by atoms with Crippen LogP contribution < -0.4 is 0 Å². The summed E-state index contributed by atoms with van der Waals surface area (Å²) in [6.45, 7) is 1.51. The smallest absolute Gasteiger partial charge is 0.342 e. The molecular formula is C18H26O5. The van der Waals surface area contributed by atoms with E-state index in [1.54, 1.807) is 0 Å². The van der Waals surface area contributed by atoms with E-state index in [4.69, 9.17) is 11.6 Å². The van der Waals surface area contributed by atoms with Crippen LogP contribution in [0.2, 0.25) is 0 Å². The van der Waals surface area contributed by atoms with Crippen molar-refractivity contribution in [1.82, 2.24) is 0 Å². The molecule has 1 aliphatic rings. The predicted molar refractivity (Wildman–Crippen MR) is 86.7 cm³/mol. The van der Waals surface area contributed by atoms with Gasteiger partial charge in [-0.1, -0.05) is 12.8 Å². The minimum Gasteiger partial charge on any atom is -0.508 e. The number of fused-ring (bicyclic) bond motifs is 1. The van der Waals surface area contributed by atoms with Crippen LogP contribution in [-0.4, -0.2) is 33.5 Å². The van der Waals surface area contributed by atoms with Gasteiger partial charge in [-0.3, -0.25) is 0 Å². The lowest BCUT2D eigenvalue weighted by Crippen LogP contribution is -2.18. The van der Waals surface area contributed by atoms with Crippen LogP contribution in [0.15, 0.2) is 12.1 Å². The van der Waals surface area contributed by atoms with Crippen molar-refractivity contribution in [3.63, 3.8) is 0 Å². The molecule has 0 aromatic heterocycles. The van der Waals surface area contributed by atoms with E-state index in [1.165, 1.54) is 13.0 Å². The number of phenols is 2. The Morgan fingerprint density at radius 3 is 2.74 bits per heavy atom. The lowest BCUT2D eigenvalue weighted by molar-refractivity contribution is 0.0305. The van der Waals surface area contributed by atoms with Crippen molar-refractivity contribution in [1.29, 1.82) is 0 Å². The molecule has 3 N–H and O–H groups in total. The highest BCUT2D eigenvalue weighted by Gasteiger charge is 2.21. The molecule has 0 saturated carbocycles. The van der Waals surface area contributed by atoms with Crippen LogP contribution in [-0.2, 0) is 11.2 Å². The molecule has 0 fully saturated rings. The molecule has 5 nitrogen and oxygen atoms in total. The minimum absolute atomic E-state index is 0.0514. The van der Waals surface area contributed by atoms with Crippen LogP contribution in [0.25, 0.3) is 0 Å². The number of benzene rings is 1. The molecule has 0 saturated heterocycles. The maximum atomic E-state index is 12.5. The Morgan fingerprint density at radius 1 is 1.22 bits per heavy atom. The molecule has 2 atom stereocenters. The van der Waals surface area contributed by atoms with E-state index in [0.717, 1.165) is 6.07 Å². The third-order valence-corrected chi connectivity index (χ3v) is 3.70. The normalized spacial score (nSPS) is 35.1. The molecule has 0 bridgehead atoms. The summed E-state index contributed by atoms with van der Waals surface area (Å²) in [6, 6.07) is 2.37. The lowest BCUT2D eigenvalue weighted by atomic mass is 9.97. The number of esters is 1. The Balaban J connectivity index is 2.39. The van der Waals surface area contributed by atoms with Crippen LogP contribution in [0, 0.1) is 0 Å². The minimum atomic E-state index is -2.97. The maximum absolute atomic E-state index is 12.5. The van der Waals surface area contributed by atoms with E-state index in [-0.39, 0.29) is 37.0 Å². The number of carbonyl (C=O) groups is 1. The Hall–Kier alpha value is -1.75. The number of hydrogen-bond donors (Lipinski definition) is 3. The van der Waals surface area contributed by atoms with E-state index < -0.39 is 43.1 Å². The predicted octanol–water partition coefficient (Wildman–Crippen LogP) is 3.29. The van der Waals surface area contributed by atoms with Crippen molar-refractivity contribution < 1.29 is 31.7 Å². The first kappa shape index (κ1) is 11.7. The molecule has 128 valence electrons. The topological polar surface area (TPSA) is 87.0 Å². The van der Waals surface area contributed by atoms with Crippen LogP contribution in [0.3, 0.4) is 0 Å². The van der Waals surface area contributed by atoms with Crippen LogP contribution in [0.4, 0.5) is 0 Å². The van der Waals surface area contributed by atoms with Crippen molar-refractivity contribution in [2.45, 2.75) is 70.4 Å². The van der Waals surface area contributed by atoms with Gasteiger partial charge in [0, 0.05) is 11.5 Å². The summed E-state index contributed by atoms with van der Waals surface area (Å²) < 4.78 is 45.3. The summed E-state index contributed by atoms with van der Waals surface area (Å²) in [5, 5.41) is 30.2. The van der Waals surface area contributed by atoms with Gasteiger partial charge in [-0.05, 0) is 57.0 Å². The molecule has 5 heteroatoms. The number of ether oxygens (including phenoxy) is 1. The van der Waals surface area contributed by atoms with Gasteiger partial charge >= 0.3 is 5.97 Å². The van der Waals surface area contributed by atoms with Gasteiger partial charge in [0.15, 0.2) is 0 Å². The van der Waals surface area contributed by atoms with E-state index >= 15 is 0 Å². The SMILES string of the molecule is [2H]C1([2H])CCCCc2cc(O)cc(O)c2C(=O)O[C@@H](C)CCC([2H])([2H])[C@@]1([2H])O. The van der Waals surface area contributed by atoms with Gasteiger partial charge in [-0.15, -0.1) is 0 Å². The zero-order valence-corrected chi connectivity index (χ0v) is 13.1. The highest BCUT2D eigenvalue weighted by Crippen LogP contribution is 2.30. The number of rotatable bonds is 0. The summed E-state index contributed by atoms with van der Waals surface area (Å²) in [7, 11) is 0. The first-order valence-electron chi connectivity index (χ1n) is 10.3. The Labute approximate surface area is 143 Å². The summed E-state index contributed by atoms with van der Waals surface area (Å²) >= 11 is 0. The second-order valence-corrected chi connectivity index (χ2v) is 5.66. The van der Waals surface area contributed by atoms with Crippen molar-refractivity contribution in [2.24, 2.45) is 0 Å². The van der Waals surface area contributed by atoms with Gasteiger partial charge in [0.25, 0.3) is 0 Å². The molecular weight excluding hydrogens is 296 g/mol. The Morgan fingerprint density at radius 2 is 1.96 bits per heavy atom. The number of phenolic OH excluding ortho intramolecular Hbond substituents is 2. The molecule has 0 aliphatic carbocycles. The molecule has 1 aromatic rings. The number of aryl methyl sites for hydroxylation is 1. The molecule has 0 amide bonds. The van der Waals surface area contributed by atoms with E-state index in [2.05, 4.69) is 0 Å². The van der Waals surface area contributed by atoms with Gasteiger partial charge in [-0.25, -0.2) is 4.79 Å². The van der Waals surface area contributed by atoms with Gasteiger partial charge in [0.2, 0.25) is 0 Å². The molecule has 0 unspecified atom stereocenters. The van der Waals surface area contributed by atoms with Crippen molar-refractivity contribution >= 4 is 5.97 Å². The van der Waals surface area contributed by atoms with Crippen molar-refractivity contribution in [3.05, 3.63) is 23.3 Å². The van der Waals surface area contributed by atoms with Gasteiger partial charge < -0.3 is 20.1 Å². The van der Waals surface area contributed by atoms with E-state index in [1.807, 2.05) is 0 Å². The summed E-state index contributed by atoms with van der Waals surface area (Å²) in [4.78, 5) is 12.5. The average molecular weight is 327 g/mol. The van der Waals surface area contributed by atoms with Gasteiger partial charge in [-0.2, -0.15) is 0 Å². The zero-order chi connectivity index (χ0) is 21.3. The summed E-state index contributed by atoms with van der Waals surface area (Å²) in [5.74, 6) is -1.46. The molecule has 1 aromatic carbocycles. The van der Waals surface area contributed by atoms with Crippen molar-refractivity contribution in [3.8, 4) is 11.5 Å². The fraction of sp³-hybridized carbons (Fsp3) is 0.611. The third kappa shape index (κ3) is 5.13. The second kappa shape index (κ2) is 8.20. The Bertz CT molecular complexity index is 735. The standard InChI is InChI=1S/C18H26O5/c1-12-6-5-9-14(19)8-4-2-3-7-13-10-15(20)11-16(21)17(13)18(22)23-12/h10-12,14,19-21H,2-9H2,1H3/t12-,14-/m0/s1/i8D2,9D2,14D. The third-order valence-electron chi connectivity index (χ3n) is 3.70. The van der Waals surface area contributed by atoms with Crippen molar-refractivity contribution in [2.75, 3.05) is 0 Å². The van der Waals surface area contributed by atoms with Crippen LogP contribution >= 0.6 is 0 Å². The number of cyclic esters (lactones) is 1. The molecule has 2 rings (SSSR count). The monoisotopic (exact) mass is 327 g/mol. The fourth-order valence-electron chi connectivity index (χ4n) is 2.51. The fourth-order valence-corrected chi connectivity index (χ4v) is 2.51. The molecule has 0 radical (unpaired) electrons.